The number of rotatable bonds is 4. The van der Waals surface area contributed by atoms with E-state index in [9.17, 15) is 4.79 Å². The van der Waals surface area contributed by atoms with E-state index in [4.69, 9.17) is 0 Å². The summed E-state index contributed by atoms with van der Waals surface area (Å²) in [4.78, 5) is 15.6. The molecule has 2 nitrogen and oxygen atoms in total. The summed E-state index contributed by atoms with van der Waals surface area (Å²) < 4.78 is 0. The molecule has 0 saturated carbocycles. The smallest absolute Gasteiger partial charge is 0.185 e. The Morgan fingerprint density at radius 3 is 2.59 bits per heavy atom. The summed E-state index contributed by atoms with van der Waals surface area (Å²) in [6, 6.07) is 17.7. The van der Waals surface area contributed by atoms with Gasteiger partial charge in [-0.1, -0.05) is 60.3 Å². The molecule has 110 valence electrons. The lowest BCUT2D eigenvalue weighted by Crippen LogP contribution is -2.16. The van der Waals surface area contributed by atoms with Gasteiger partial charge in [-0.25, -0.2) is 0 Å². The Balaban J connectivity index is 1.76. The summed E-state index contributed by atoms with van der Waals surface area (Å²) in [5.41, 5.74) is 1.95. The largest absolute Gasteiger partial charge is 0.335 e. The van der Waals surface area contributed by atoms with Crippen LogP contribution in [0.3, 0.4) is 0 Å². The van der Waals surface area contributed by atoms with Crippen LogP contribution in [-0.4, -0.2) is 12.3 Å². The second-order valence-corrected chi connectivity index (χ2v) is 5.97. The van der Waals surface area contributed by atoms with Gasteiger partial charge in [0.25, 0.3) is 0 Å². The van der Waals surface area contributed by atoms with Crippen molar-refractivity contribution in [1.82, 2.24) is 0 Å². The van der Waals surface area contributed by atoms with Gasteiger partial charge < -0.3 is 4.90 Å². The Labute approximate surface area is 135 Å². The van der Waals surface area contributed by atoms with Gasteiger partial charge in [0.2, 0.25) is 0 Å². The molecule has 0 fully saturated rings. The Morgan fingerprint density at radius 1 is 1.09 bits per heavy atom. The fourth-order valence-electron chi connectivity index (χ4n) is 2.42. The van der Waals surface area contributed by atoms with Crippen molar-refractivity contribution < 1.29 is 4.79 Å². The molecule has 0 bridgehead atoms. The highest BCUT2D eigenvalue weighted by atomic mass is 32.2. The minimum absolute atomic E-state index is 0.0287. The minimum atomic E-state index is 0.0287. The number of para-hydroxylation sites is 1. The molecule has 3 heteroatoms. The Hall–Kier alpha value is -2.26. The standard InChI is InChI=1S/C19H17NOS/c1-2-20-16-11-6-7-13-18(16)22-19(20)14-8-12-17(21)15-9-4-3-5-10-15/h3-14H,2H2,1H3/b12-8+,19-14?. The first-order chi connectivity index (χ1) is 10.8. The van der Waals surface area contributed by atoms with Crippen molar-refractivity contribution in [3.05, 3.63) is 83.4 Å². The lowest BCUT2D eigenvalue weighted by Gasteiger charge is -2.17. The first kappa shape index (κ1) is 14.7. The normalized spacial score (nSPS) is 15.5. The van der Waals surface area contributed by atoms with E-state index in [0.29, 0.717) is 5.56 Å². The van der Waals surface area contributed by atoms with E-state index in [2.05, 4.69) is 36.1 Å². The molecule has 1 heterocycles. The zero-order chi connectivity index (χ0) is 15.4. The van der Waals surface area contributed by atoms with Crippen LogP contribution in [0.25, 0.3) is 0 Å². The predicted octanol–water partition coefficient (Wildman–Crippen LogP) is 4.90. The summed E-state index contributed by atoms with van der Waals surface area (Å²) >= 11 is 1.74. The van der Waals surface area contributed by atoms with E-state index < -0.39 is 0 Å². The van der Waals surface area contributed by atoms with E-state index in [0.717, 1.165) is 11.6 Å². The summed E-state index contributed by atoms with van der Waals surface area (Å²) in [5.74, 6) is 0.0287. The number of benzene rings is 2. The molecule has 0 atom stereocenters. The highest BCUT2D eigenvalue weighted by Gasteiger charge is 2.22. The fraction of sp³-hybridized carbons (Fsp3) is 0.105. The Kier molecular flexibility index (Phi) is 4.45. The van der Waals surface area contributed by atoms with Gasteiger partial charge in [0.1, 0.15) is 0 Å². The topological polar surface area (TPSA) is 20.3 Å². The molecule has 2 aromatic carbocycles. The van der Waals surface area contributed by atoms with Crippen molar-refractivity contribution in [2.24, 2.45) is 0 Å². The lowest BCUT2D eigenvalue weighted by molar-refractivity contribution is 0.104. The van der Waals surface area contributed by atoms with Crippen LogP contribution in [0.15, 0.2) is 82.7 Å². The average Bonchev–Trinajstić information content (AvgIpc) is 2.93. The predicted molar refractivity (Wildman–Crippen MR) is 93.3 cm³/mol. The summed E-state index contributed by atoms with van der Waals surface area (Å²) in [6.07, 6.45) is 5.47. The van der Waals surface area contributed by atoms with Crippen LogP contribution < -0.4 is 4.90 Å². The Bertz CT molecular complexity index is 734. The van der Waals surface area contributed by atoms with Gasteiger partial charge in [-0.15, -0.1) is 0 Å². The third kappa shape index (κ3) is 3.00. The molecular weight excluding hydrogens is 290 g/mol. The third-order valence-electron chi connectivity index (χ3n) is 3.50. The van der Waals surface area contributed by atoms with Crippen LogP contribution in [0.2, 0.25) is 0 Å². The number of fused-ring (bicyclic) bond motifs is 1. The molecule has 1 aliphatic rings. The average molecular weight is 307 g/mol. The number of carbonyl (C=O) groups excluding carboxylic acids is 1. The van der Waals surface area contributed by atoms with Crippen molar-refractivity contribution in [2.75, 3.05) is 11.4 Å². The van der Waals surface area contributed by atoms with E-state index in [1.165, 1.54) is 10.6 Å². The lowest BCUT2D eigenvalue weighted by atomic mass is 10.1. The zero-order valence-corrected chi connectivity index (χ0v) is 13.2. The van der Waals surface area contributed by atoms with Crippen LogP contribution in [0.5, 0.6) is 0 Å². The summed E-state index contributed by atoms with van der Waals surface area (Å²) in [6.45, 7) is 3.05. The molecule has 0 amide bonds. The molecule has 0 unspecified atom stereocenters. The van der Waals surface area contributed by atoms with E-state index in [1.807, 2.05) is 42.5 Å². The van der Waals surface area contributed by atoms with E-state index in [1.54, 1.807) is 17.8 Å². The first-order valence-electron chi connectivity index (χ1n) is 7.31. The van der Waals surface area contributed by atoms with Gasteiger partial charge in [0.05, 0.1) is 10.7 Å². The van der Waals surface area contributed by atoms with Gasteiger partial charge in [0, 0.05) is 17.0 Å². The maximum absolute atomic E-state index is 12.1. The van der Waals surface area contributed by atoms with Gasteiger partial charge in [-0.2, -0.15) is 0 Å². The molecule has 0 aliphatic carbocycles. The molecule has 0 spiro atoms. The number of ketones is 1. The maximum Gasteiger partial charge on any atom is 0.185 e. The van der Waals surface area contributed by atoms with Gasteiger partial charge in [0.15, 0.2) is 5.78 Å². The SMILES string of the molecule is CCN1C(=C/C=C/C(=O)c2ccccc2)Sc2ccccc21. The van der Waals surface area contributed by atoms with Crippen LogP contribution in [0.1, 0.15) is 17.3 Å². The van der Waals surface area contributed by atoms with Gasteiger partial charge in [-0.05, 0) is 31.2 Å². The highest BCUT2D eigenvalue weighted by molar-refractivity contribution is 8.03. The highest BCUT2D eigenvalue weighted by Crippen LogP contribution is 2.45. The Morgan fingerprint density at radius 2 is 1.82 bits per heavy atom. The molecule has 0 N–H and O–H groups in total. The minimum Gasteiger partial charge on any atom is -0.335 e. The number of allylic oxidation sites excluding steroid dienone is 3. The van der Waals surface area contributed by atoms with Crippen LogP contribution >= 0.6 is 11.8 Å². The summed E-state index contributed by atoms with van der Waals surface area (Å²) in [7, 11) is 0. The van der Waals surface area contributed by atoms with Crippen LogP contribution in [-0.2, 0) is 0 Å². The molecule has 1 aliphatic heterocycles. The second kappa shape index (κ2) is 6.67. The third-order valence-corrected chi connectivity index (χ3v) is 4.63. The van der Waals surface area contributed by atoms with Crippen molar-refractivity contribution in [3.8, 4) is 0 Å². The van der Waals surface area contributed by atoms with E-state index in [-0.39, 0.29) is 5.78 Å². The number of hydrogen-bond donors (Lipinski definition) is 0. The van der Waals surface area contributed by atoms with Crippen molar-refractivity contribution in [2.45, 2.75) is 11.8 Å². The first-order valence-corrected chi connectivity index (χ1v) is 8.13. The van der Waals surface area contributed by atoms with E-state index >= 15 is 0 Å². The fourth-order valence-corrected chi connectivity index (χ4v) is 3.56. The van der Waals surface area contributed by atoms with Crippen LogP contribution in [0, 0.1) is 0 Å². The number of hydrogen-bond acceptors (Lipinski definition) is 3. The molecule has 0 radical (unpaired) electrons. The molecule has 0 aromatic heterocycles. The monoisotopic (exact) mass is 307 g/mol. The zero-order valence-electron chi connectivity index (χ0n) is 12.4. The number of carbonyl (C=O) groups is 1. The van der Waals surface area contributed by atoms with Crippen molar-refractivity contribution in [3.63, 3.8) is 0 Å². The van der Waals surface area contributed by atoms with Crippen molar-refractivity contribution >= 4 is 23.2 Å². The maximum atomic E-state index is 12.1. The summed E-state index contributed by atoms with van der Waals surface area (Å²) in [5, 5.41) is 1.15. The molecular formula is C19H17NOS. The number of nitrogens with zero attached hydrogens (tertiary/aromatic N) is 1. The van der Waals surface area contributed by atoms with Crippen molar-refractivity contribution in [1.29, 1.82) is 0 Å². The van der Waals surface area contributed by atoms with Crippen LogP contribution in [0.4, 0.5) is 5.69 Å². The molecule has 0 saturated heterocycles. The second-order valence-electron chi connectivity index (χ2n) is 4.91. The molecule has 22 heavy (non-hydrogen) atoms. The number of thioether (sulfide) groups is 1. The molecule has 3 rings (SSSR count). The van der Waals surface area contributed by atoms with Gasteiger partial charge in [-0.3, -0.25) is 4.79 Å². The molecule has 2 aromatic rings. The van der Waals surface area contributed by atoms with Gasteiger partial charge >= 0.3 is 0 Å². The quantitative estimate of drug-likeness (QED) is 0.592. The number of anilines is 1.